The molecule has 3 nitrogen and oxygen atoms in total. The maximum absolute atomic E-state index is 6.55. The molecule has 2 rings (SSSR count). The molecule has 0 saturated heterocycles. The largest absolute Gasteiger partial charge is 0.379 e. The Morgan fingerprint density at radius 1 is 0.844 bits per heavy atom. The molecular formula is C29H46O3. The van der Waals surface area contributed by atoms with E-state index in [9.17, 15) is 0 Å². The third kappa shape index (κ3) is 10.0. The highest BCUT2D eigenvalue weighted by Crippen LogP contribution is 2.32. The molecular weight excluding hydrogens is 396 g/mol. The van der Waals surface area contributed by atoms with Crippen molar-refractivity contribution in [1.29, 1.82) is 0 Å². The van der Waals surface area contributed by atoms with Crippen molar-refractivity contribution in [3.8, 4) is 0 Å². The minimum Gasteiger partial charge on any atom is -0.379 e. The van der Waals surface area contributed by atoms with Crippen molar-refractivity contribution in [2.75, 3.05) is 13.2 Å². The molecule has 3 atom stereocenters. The fraction of sp³-hybridized carbons (Fsp3) is 0.655. The van der Waals surface area contributed by atoms with Gasteiger partial charge in [-0.2, -0.15) is 0 Å². The van der Waals surface area contributed by atoms with Crippen molar-refractivity contribution in [3.05, 3.63) is 54.1 Å². The smallest absolute Gasteiger partial charge is 0.191 e. The predicted molar refractivity (Wildman–Crippen MR) is 136 cm³/mol. The van der Waals surface area contributed by atoms with Gasteiger partial charge in [-0.1, -0.05) is 88.4 Å². The molecule has 32 heavy (non-hydrogen) atoms. The van der Waals surface area contributed by atoms with Gasteiger partial charge in [0.15, 0.2) is 5.79 Å². The highest BCUT2D eigenvalue weighted by molar-refractivity contribution is 5.75. The van der Waals surface area contributed by atoms with Gasteiger partial charge in [-0.3, -0.25) is 0 Å². The van der Waals surface area contributed by atoms with Crippen molar-refractivity contribution in [1.82, 2.24) is 0 Å². The number of rotatable bonds is 17. The molecule has 1 aromatic carbocycles. The molecule has 1 aliphatic rings. The first-order chi connectivity index (χ1) is 15.6. The van der Waals surface area contributed by atoms with Crippen LogP contribution in [0.5, 0.6) is 0 Å². The van der Waals surface area contributed by atoms with Gasteiger partial charge in [-0.15, -0.1) is 0 Å². The van der Waals surface area contributed by atoms with E-state index in [2.05, 4.69) is 76.3 Å². The Balaban J connectivity index is 1.91. The van der Waals surface area contributed by atoms with E-state index in [1.165, 1.54) is 43.2 Å². The standard InChI is InChI=1S/C29H46O3/c1-5-7-8-9-10-14-24-31-29(32-26(4)18-17-25(3)30-23-6-2)21-19-28(20-22-29)27-15-12-11-13-16-27/h11-13,15-16,19-21,25-26H,5-10,14,17-18,22-24H2,1-4H3/t25-,26+,29?/m0/s1. The van der Waals surface area contributed by atoms with E-state index >= 15 is 0 Å². The molecule has 0 heterocycles. The SMILES string of the molecule is CCCCCCCCOC1(O[C@H](C)CC[C@H](C)OCCC)C=CC(c2ccccc2)=CC1. The highest BCUT2D eigenvalue weighted by Gasteiger charge is 2.32. The molecule has 1 unspecified atom stereocenters. The number of unbranched alkanes of at least 4 members (excludes halogenated alkanes) is 5. The molecule has 180 valence electrons. The average molecular weight is 443 g/mol. The Bertz CT molecular complexity index is 666. The topological polar surface area (TPSA) is 27.7 Å². The van der Waals surface area contributed by atoms with E-state index in [1.807, 2.05) is 0 Å². The second-order valence-electron chi connectivity index (χ2n) is 9.18. The van der Waals surface area contributed by atoms with Crippen molar-refractivity contribution in [2.24, 2.45) is 0 Å². The lowest BCUT2D eigenvalue weighted by Crippen LogP contribution is -2.38. The normalized spacial score (nSPS) is 20.2. The summed E-state index contributed by atoms with van der Waals surface area (Å²) in [6, 6.07) is 10.5. The van der Waals surface area contributed by atoms with Gasteiger partial charge >= 0.3 is 0 Å². The minimum absolute atomic E-state index is 0.114. The third-order valence-corrected chi connectivity index (χ3v) is 6.06. The van der Waals surface area contributed by atoms with Gasteiger partial charge in [0.1, 0.15) is 0 Å². The Kier molecular flexibility index (Phi) is 12.9. The van der Waals surface area contributed by atoms with Gasteiger partial charge in [-0.25, -0.2) is 0 Å². The quantitative estimate of drug-likeness (QED) is 0.180. The molecule has 0 aliphatic heterocycles. The summed E-state index contributed by atoms with van der Waals surface area (Å²) in [5.41, 5.74) is 2.48. The average Bonchev–Trinajstić information content (AvgIpc) is 2.82. The second kappa shape index (κ2) is 15.4. The summed E-state index contributed by atoms with van der Waals surface area (Å²) >= 11 is 0. The zero-order chi connectivity index (χ0) is 23.1. The van der Waals surface area contributed by atoms with Crippen LogP contribution in [-0.2, 0) is 14.2 Å². The van der Waals surface area contributed by atoms with Gasteiger partial charge in [0.05, 0.1) is 18.8 Å². The van der Waals surface area contributed by atoms with E-state index in [0.717, 1.165) is 45.3 Å². The molecule has 0 amide bonds. The molecule has 0 radical (unpaired) electrons. The van der Waals surface area contributed by atoms with Crippen LogP contribution in [0.3, 0.4) is 0 Å². The molecule has 0 bridgehead atoms. The Labute approximate surface area is 197 Å². The Hall–Kier alpha value is -1.42. The number of ether oxygens (including phenoxy) is 3. The van der Waals surface area contributed by atoms with E-state index in [1.54, 1.807) is 0 Å². The zero-order valence-corrected chi connectivity index (χ0v) is 21.0. The fourth-order valence-electron chi connectivity index (χ4n) is 4.08. The first-order valence-electron chi connectivity index (χ1n) is 13.0. The van der Waals surface area contributed by atoms with Crippen LogP contribution in [0.4, 0.5) is 0 Å². The summed E-state index contributed by atoms with van der Waals surface area (Å²) in [6.45, 7) is 10.3. The summed E-state index contributed by atoms with van der Waals surface area (Å²) in [5.74, 6) is -0.658. The highest BCUT2D eigenvalue weighted by atomic mass is 16.7. The van der Waals surface area contributed by atoms with Crippen LogP contribution >= 0.6 is 0 Å². The summed E-state index contributed by atoms with van der Waals surface area (Å²) in [4.78, 5) is 0. The summed E-state index contributed by atoms with van der Waals surface area (Å²) in [5, 5.41) is 0. The second-order valence-corrected chi connectivity index (χ2v) is 9.18. The monoisotopic (exact) mass is 442 g/mol. The first kappa shape index (κ1) is 26.8. The molecule has 0 saturated carbocycles. The number of benzene rings is 1. The molecule has 0 aromatic heterocycles. The number of allylic oxidation sites excluding steroid dienone is 2. The van der Waals surface area contributed by atoms with Crippen molar-refractivity contribution in [3.63, 3.8) is 0 Å². The lowest BCUT2D eigenvalue weighted by molar-refractivity contribution is -0.226. The Morgan fingerprint density at radius 3 is 2.25 bits per heavy atom. The van der Waals surface area contributed by atoms with Gasteiger partial charge in [-0.05, 0) is 56.7 Å². The van der Waals surface area contributed by atoms with E-state index in [4.69, 9.17) is 14.2 Å². The number of hydrogen-bond acceptors (Lipinski definition) is 3. The van der Waals surface area contributed by atoms with Crippen molar-refractivity contribution < 1.29 is 14.2 Å². The van der Waals surface area contributed by atoms with Crippen LogP contribution in [0.1, 0.15) is 97.5 Å². The molecule has 1 aliphatic carbocycles. The number of hydrogen-bond donors (Lipinski definition) is 0. The van der Waals surface area contributed by atoms with E-state index < -0.39 is 5.79 Å². The van der Waals surface area contributed by atoms with Gasteiger partial charge in [0.2, 0.25) is 0 Å². The van der Waals surface area contributed by atoms with Crippen molar-refractivity contribution >= 4 is 5.57 Å². The minimum atomic E-state index is -0.658. The van der Waals surface area contributed by atoms with Crippen LogP contribution in [0.15, 0.2) is 48.6 Å². The van der Waals surface area contributed by atoms with Crippen LogP contribution in [0.25, 0.3) is 5.57 Å². The maximum Gasteiger partial charge on any atom is 0.191 e. The molecule has 3 heteroatoms. The van der Waals surface area contributed by atoms with E-state index in [0.29, 0.717) is 0 Å². The van der Waals surface area contributed by atoms with Crippen LogP contribution in [0, 0.1) is 0 Å². The molecule has 0 fully saturated rings. The van der Waals surface area contributed by atoms with E-state index in [-0.39, 0.29) is 12.2 Å². The molecule has 1 aromatic rings. The first-order valence-corrected chi connectivity index (χ1v) is 13.0. The van der Waals surface area contributed by atoms with Gasteiger partial charge in [0, 0.05) is 13.0 Å². The van der Waals surface area contributed by atoms with Gasteiger partial charge < -0.3 is 14.2 Å². The van der Waals surface area contributed by atoms with Crippen LogP contribution < -0.4 is 0 Å². The summed E-state index contributed by atoms with van der Waals surface area (Å²) < 4.78 is 18.8. The van der Waals surface area contributed by atoms with Crippen LogP contribution in [-0.4, -0.2) is 31.2 Å². The maximum atomic E-state index is 6.55. The Morgan fingerprint density at radius 2 is 1.56 bits per heavy atom. The molecule has 0 N–H and O–H groups in total. The van der Waals surface area contributed by atoms with Crippen molar-refractivity contribution in [2.45, 2.75) is 110 Å². The fourth-order valence-corrected chi connectivity index (χ4v) is 4.08. The van der Waals surface area contributed by atoms with Gasteiger partial charge in [0.25, 0.3) is 0 Å². The zero-order valence-electron chi connectivity index (χ0n) is 21.0. The summed E-state index contributed by atoms with van der Waals surface area (Å²) in [7, 11) is 0. The molecule has 0 spiro atoms. The lowest BCUT2D eigenvalue weighted by atomic mass is 9.96. The lowest BCUT2D eigenvalue weighted by Gasteiger charge is -2.35. The predicted octanol–water partition coefficient (Wildman–Crippen LogP) is 8.10. The summed E-state index contributed by atoms with van der Waals surface area (Å²) in [6.07, 6.45) is 18.3. The van der Waals surface area contributed by atoms with Crippen LogP contribution in [0.2, 0.25) is 0 Å². The third-order valence-electron chi connectivity index (χ3n) is 6.06.